The first-order valence-corrected chi connectivity index (χ1v) is 7.73. The molecule has 2 fully saturated rings. The maximum absolute atomic E-state index is 12.8. The summed E-state index contributed by atoms with van der Waals surface area (Å²) in [5.74, 6) is 0.0549. The number of rotatable bonds is 2. The van der Waals surface area contributed by atoms with Gasteiger partial charge in [-0.3, -0.25) is 9.59 Å². The predicted molar refractivity (Wildman–Crippen MR) is 79.3 cm³/mol. The van der Waals surface area contributed by atoms with E-state index < -0.39 is 0 Å². The average Bonchev–Trinajstić information content (AvgIpc) is 3.24. The van der Waals surface area contributed by atoms with Gasteiger partial charge in [-0.1, -0.05) is 28.1 Å². The smallest absolute Gasteiger partial charge is 0.239 e. The van der Waals surface area contributed by atoms with Crippen LogP contribution in [-0.2, 0) is 15.0 Å². The zero-order chi connectivity index (χ0) is 14.2. The van der Waals surface area contributed by atoms with Crippen molar-refractivity contribution < 1.29 is 9.59 Å². The maximum Gasteiger partial charge on any atom is 0.239 e. The number of carbonyl (C=O) groups is 2. The van der Waals surface area contributed by atoms with Gasteiger partial charge in [-0.25, -0.2) is 0 Å². The fourth-order valence-corrected chi connectivity index (χ4v) is 3.07. The van der Waals surface area contributed by atoms with Gasteiger partial charge in [0.1, 0.15) is 0 Å². The first-order chi connectivity index (χ1) is 9.62. The van der Waals surface area contributed by atoms with Gasteiger partial charge in [0.15, 0.2) is 0 Å². The second kappa shape index (κ2) is 5.20. The van der Waals surface area contributed by atoms with Crippen LogP contribution in [0.25, 0.3) is 0 Å². The Morgan fingerprint density at radius 3 is 2.60 bits per heavy atom. The number of nitrogens with one attached hydrogen (secondary N) is 1. The summed E-state index contributed by atoms with van der Waals surface area (Å²) in [4.78, 5) is 26.1. The Kier molecular flexibility index (Phi) is 3.54. The van der Waals surface area contributed by atoms with Gasteiger partial charge < -0.3 is 10.2 Å². The van der Waals surface area contributed by atoms with E-state index >= 15 is 0 Å². The SMILES string of the molecule is O=C1CN(C(=O)C2(c3ccc(Br)cc3)CC2)CCCN1. The van der Waals surface area contributed by atoms with Crippen molar-refractivity contribution >= 4 is 27.7 Å². The normalized spacial score (nSPS) is 21.1. The Morgan fingerprint density at radius 2 is 1.95 bits per heavy atom. The quantitative estimate of drug-likeness (QED) is 0.895. The van der Waals surface area contributed by atoms with E-state index in [1.807, 2.05) is 24.3 Å². The van der Waals surface area contributed by atoms with Crippen molar-refractivity contribution in [2.24, 2.45) is 0 Å². The van der Waals surface area contributed by atoms with Gasteiger partial charge in [0, 0.05) is 17.6 Å². The molecule has 1 saturated carbocycles. The lowest BCUT2D eigenvalue weighted by Crippen LogP contribution is -2.43. The van der Waals surface area contributed by atoms with Gasteiger partial charge in [0.25, 0.3) is 0 Å². The van der Waals surface area contributed by atoms with Crippen LogP contribution in [0.1, 0.15) is 24.8 Å². The maximum atomic E-state index is 12.8. The molecule has 106 valence electrons. The van der Waals surface area contributed by atoms with Crippen molar-refractivity contribution in [1.82, 2.24) is 10.2 Å². The van der Waals surface area contributed by atoms with E-state index in [9.17, 15) is 9.59 Å². The molecule has 1 aromatic rings. The number of halogens is 1. The molecule has 1 N–H and O–H groups in total. The highest BCUT2D eigenvalue weighted by Crippen LogP contribution is 2.49. The molecule has 1 aliphatic heterocycles. The summed E-state index contributed by atoms with van der Waals surface area (Å²) in [6.45, 7) is 1.51. The van der Waals surface area contributed by atoms with Gasteiger partial charge in [0.2, 0.25) is 11.8 Å². The lowest BCUT2D eigenvalue weighted by molar-refractivity contribution is -0.137. The summed E-state index contributed by atoms with van der Waals surface area (Å²) in [6.07, 6.45) is 2.59. The van der Waals surface area contributed by atoms with Crippen LogP contribution in [0, 0.1) is 0 Å². The zero-order valence-corrected chi connectivity index (χ0v) is 12.8. The summed E-state index contributed by atoms with van der Waals surface area (Å²) >= 11 is 3.42. The molecule has 2 amide bonds. The van der Waals surface area contributed by atoms with E-state index in [1.165, 1.54) is 0 Å². The van der Waals surface area contributed by atoms with Gasteiger partial charge in [0.05, 0.1) is 12.0 Å². The molecule has 1 aliphatic carbocycles. The highest BCUT2D eigenvalue weighted by Gasteiger charge is 2.53. The molecule has 3 rings (SSSR count). The molecule has 5 heteroatoms. The summed E-state index contributed by atoms with van der Waals surface area (Å²) in [5, 5.41) is 2.81. The highest BCUT2D eigenvalue weighted by atomic mass is 79.9. The molecule has 0 radical (unpaired) electrons. The standard InChI is InChI=1S/C15H17BrN2O2/c16-12-4-2-11(3-5-12)15(6-7-15)14(20)18-9-1-8-17-13(19)10-18/h2-5H,1,6-10H2,(H,17,19). The predicted octanol–water partition coefficient (Wildman–Crippen LogP) is 1.83. The fourth-order valence-electron chi connectivity index (χ4n) is 2.80. The number of amides is 2. The number of hydrogen-bond donors (Lipinski definition) is 1. The van der Waals surface area contributed by atoms with E-state index in [4.69, 9.17) is 0 Å². The number of carbonyl (C=O) groups excluding carboxylic acids is 2. The average molecular weight is 337 g/mol. The second-order valence-electron chi connectivity index (χ2n) is 5.52. The highest BCUT2D eigenvalue weighted by molar-refractivity contribution is 9.10. The Balaban J connectivity index is 1.82. The molecule has 1 saturated heterocycles. The van der Waals surface area contributed by atoms with Crippen LogP contribution in [0.5, 0.6) is 0 Å². The van der Waals surface area contributed by atoms with Gasteiger partial charge >= 0.3 is 0 Å². The van der Waals surface area contributed by atoms with Crippen LogP contribution in [0.2, 0.25) is 0 Å². The Bertz CT molecular complexity index is 537. The first kappa shape index (κ1) is 13.6. The topological polar surface area (TPSA) is 49.4 Å². The second-order valence-corrected chi connectivity index (χ2v) is 6.43. The summed E-state index contributed by atoms with van der Waals surface area (Å²) in [6, 6.07) is 7.95. The molecule has 4 nitrogen and oxygen atoms in total. The first-order valence-electron chi connectivity index (χ1n) is 6.94. The molecule has 0 aromatic heterocycles. The van der Waals surface area contributed by atoms with E-state index in [0.29, 0.717) is 13.1 Å². The lowest BCUT2D eigenvalue weighted by Gasteiger charge is -2.25. The Labute approximate surface area is 126 Å². The molecular formula is C15H17BrN2O2. The van der Waals surface area contributed by atoms with Crippen molar-refractivity contribution in [1.29, 1.82) is 0 Å². The van der Waals surface area contributed by atoms with Gasteiger partial charge in [-0.15, -0.1) is 0 Å². The number of nitrogens with zero attached hydrogens (tertiary/aromatic N) is 1. The lowest BCUT2D eigenvalue weighted by atomic mass is 9.94. The number of hydrogen-bond acceptors (Lipinski definition) is 2. The Morgan fingerprint density at radius 1 is 1.25 bits per heavy atom. The minimum atomic E-state index is -0.384. The minimum Gasteiger partial charge on any atom is -0.354 e. The van der Waals surface area contributed by atoms with Crippen molar-refractivity contribution in [3.8, 4) is 0 Å². The van der Waals surface area contributed by atoms with Gasteiger partial charge in [-0.05, 0) is 37.0 Å². The third-order valence-corrected chi connectivity index (χ3v) is 4.63. The molecule has 1 heterocycles. The molecule has 20 heavy (non-hydrogen) atoms. The van der Waals surface area contributed by atoms with Crippen LogP contribution in [0.15, 0.2) is 28.7 Å². The van der Waals surface area contributed by atoms with E-state index in [2.05, 4.69) is 21.2 Å². The summed E-state index contributed by atoms with van der Waals surface area (Å²) in [5.41, 5.74) is 0.682. The number of benzene rings is 1. The molecule has 1 aromatic carbocycles. The van der Waals surface area contributed by atoms with Crippen molar-refractivity contribution in [2.45, 2.75) is 24.7 Å². The largest absolute Gasteiger partial charge is 0.354 e. The molecule has 0 atom stereocenters. The van der Waals surface area contributed by atoms with Crippen LogP contribution in [-0.4, -0.2) is 36.3 Å². The van der Waals surface area contributed by atoms with E-state index in [1.54, 1.807) is 4.90 Å². The summed E-state index contributed by atoms with van der Waals surface area (Å²) in [7, 11) is 0. The molecule has 0 bridgehead atoms. The third-order valence-electron chi connectivity index (χ3n) is 4.10. The fraction of sp³-hybridized carbons (Fsp3) is 0.467. The molecule has 0 unspecified atom stereocenters. The molecular weight excluding hydrogens is 320 g/mol. The van der Waals surface area contributed by atoms with Crippen LogP contribution in [0.4, 0.5) is 0 Å². The van der Waals surface area contributed by atoms with Crippen molar-refractivity contribution in [3.63, 3.8) is 0 Å². The Hall–Kier alpha value is -1.36. The minimum absolute atomic E-state index is 0.0533. The van der Waals surface area contributed by atoms with Crippen LogP contribution in [0.3, 0.4) is 0 Å². The molecule has 2 aliphatic rings. The summed E-state index contributed by atoms with van der Waals surface area (Å²) < 4.78 is 1.01. The van der Waals surface area contributed by atoms with Crippen LogP contribution >= 0.6 is 15.9 Å². The van der Waals surface area contributed by atoms with Crippen molar-refractivity contribution in [3.05, 3.63) is 34.3 Å². The van der Waals surface area contributed by atoms with E-state index in [0.717, 1.165) is 29.3 Å². The third kappa shape index (κ3) is 2.46. The van der Waals surface area contributed by atoms with E-state index in [-0.39, 0.29) is 23.8 Å². The molecule has 0 spiro atoms. The van der Waals surface area contributed by atoms with Gasteiger partial charge in [-0.2, -0.15) is 0 Å². The van der Waals surface area contributed by atoms with Crippen LogP contribution < -0.4 is 5.32 Å². The zero-order valence-electron chi connectivity index (χ0n) is 11.2. The monoisotopic (exact) mass is 336 g/mol. The van der Waals surface area contributed by atoms with Crippen molar-refractivity contribution in [2.75, 3.05) is 19.6 Å².